The lowest BCUT2D eigenvalue weighted by molar-refractivity contribution is -0.103. The summed E-state index contributed by atoms with van der Waals surface area (Å²) in [5, 5.41) is 14.6. The van der Waals surface area contributed by atoms with E-state index in [1.807, 2.05) is 66.3 Å². The average molecular weight is 508 g/mol. The molecule has 0 saturated heterocycles. The Labute approximate surface area is 222 Å². The van der Waals surface area contributed by atoms with Gasteiger partial charge >= 0.3 is 0 Å². The van der Waals surface area contributed by atoms with Crippen molar-refractivity contribution in [3.8, 4) is 0 Å². The van der Waals surface area contributed by atoms with E-state index in [0.29, 0.717) is 26.2 Å². The first-order chi connectivity index (χ1) is 18.6. The second-order valence-electron chi connectivity index (χ2n) is 9.29. The molecule has 0 amide bonds. The maximum atomic E-state index is 12.8. The van der Waals surface area contributed by atoms with Crippen molar-refractivity contribution in [2.75, 3.05) is 18.5 Å². The standard InChI is InChI=1S/C32H33N3O3/c1-2-38-31(37)23-34-20-18-27-28(14-9-15-29(27)34)33-19-21-35-22-26(16-17-30(35)36)32(24-10-5-3-6-11-24)25-12-7-4-8-13-25/h3-18,20,22,31-33,37H,2,19,21,23H2,1H3. The molecule has 0 saturated carbocycles. The minimum absolute atomic E-state index is 0.0234. The summed E-state index contributed by atoms with van der Waals surface area (Å²) in [6.45, 7) is 3.82. The minimum Gasteiger partial charge on any atom is -0.383 e. The highest BCUT2D eigenvalue weighted by molar-refractivity contribution is 5.92. The number of aliphatic hydroxyl groups is 1. The molecule has 0 aliphatic carbocycles. The number of nitrogens with zero attached hydrogens (tertiary/aromatic N) is 2. The predicted molar refractivity (Wildman–Crippen MR) is 153 cm³/mol. The van der Waals surface area contributed by atoms with Gasteiger partial charge in [-0.2, -0.15) is 0 Å². The number of rotatable bonds is 11. The van der Waals surface area contributed by atoms with Gasteiger partial charge in [0.05, 0.1) is 12.1 Å². The zero-order chi connectivity index (χ0) is 26.3. The fourth-order valence-electron chi connectivity index (χ4n) is 5.02. The molecule has 0 spiro atoms. The summed E-state index contributed by atoms with van der Waals surface area (Å²) in [6, 6.07) is 32.5. The zero-order valence-electron chi connectivity index (χ0n) is 21.5. The Morgan fingerprint density at radius 1 is 0.816 bits per heavy atom. The second-order valence-corrected chi connectivity index (χ2v) is 9.29. The number of fused-ring (bicyclic) bond motifs is 1. The van der Waals surface area contributed by atoms with Gasteiger partial charge in [0.25, 0.3) is 5.56 Å². The summed E-state index contributed by atoms with van der Waals surface area (Å²) < 4.78 is 9.06. The van der Waals surface area contributed by atoms with Crippen LogP contribution in [0.3, 0.4) is 0 Å². The van der Waals surface area contributed by atoms with Crippen LogP contribution < -0.4 is 10.9 Å². The molecule has 1 atom stereocenters. The van der Waals surface area contributed by atoms with Gasteiger partial charge in [-0.3, -0.25) is 4.79 Å². The van der Waals surface area contributed by atoms with Gasteiger partial charge in [0.2, 0.25) is 0 Å². The van der Waals surface area contributed by atoms with E-state index in [0.717, 1.165) is 22.2 Å². The van der Waals surface area contributed by atoms with Gasteiger partial charge in [0.15, 0.2) is 6.29 Å². The Morgan fingerprint density at radius 3 is 2.21 bits per heavy atom. The molecule has 0 radical (unpaired) electrons. The van der Waals surface area contributed by atoms with Crippen LogP contribution in [0.4, 0.5) is 5.69 Å². The Morgan fingerprint density at radius 2 is 1.53 bits per heavy atom. The number of hydrogen-bond acceptors (Lipinski definition) is 4. The van der Waals surface area contributed by atoms with Crippen LogP contribution in [-0.4, -0.2) is 33.7 Å². The molecule has 0 aliphatic rings. The fourth-order valence-corrected chi connectivity index (χ4v) is 5.02. The van der Waals surface area contributed by atoms with E-state index in [1.165, 1.54) is 11.1 Å². The molecule has 1 unspecified atom stereocenters. The highest BCUT2D eigenvalue weighted by atomic mass is 16.6. The number of aliphatic hydroxyl groups excluding tert-OH is 1. The number of benzene rings is 3. The number of pyridine rings is 1. The molecular formula is C32H33N3O3. The number of ether oxygens (including phenoxy) is 1. The van der Waals surface area contributed by atoms with Crippen LogP contribution in [0.5, 0.6) is 0 Å². The molecule has 5 rings (SSSR count). The van der Waals surface area contributed by atoms with E-state index in [9.17, 15) is 9.90 Å². The average Bonchev–Trinajstić information content (AvgIpc) is 3.35. The summed E-state index contributed by atoms with van der Waals surface area (Å²) in [6.07, 6.45) is 3.10. The lowest BCUT2D eigenvalue weighted by Crippen LogP contribution is -2.24. The molecular weight excluding hydrogens is 474 g/mol. The minimum atomic E-state index is -0.845. The third-order valence-corrected chi connectivity index (χ3v) is 6.80. The maximum absolute atomic E-state index is 12.8. The number of aromatic nitrogens is 2. The lowest BCUT2D eigenvalue weighted by atomic mass is 9.86. The van der Waals surface area contributed by atoms with E-state index < -0.39 is 6.29 Å². The molecule has 3 aromatic carbocycles. The lowest BCUT2D eigenvalue weighted by Gasteiger charge is -2.20. The normalized spacial score (nSPS) is 12.2. The second kappa shape index (κ2) is 11.9. The van der Waals surface area contributed by atoms with Gasteiger partial charge in [0, 0.05) is 55.1 Å². The van der Waals surface area contributed by atoms with Crippen molar-refractivity contribution in [3.63, 3.8) is 0 Å². The predicted octanol–water partition coefficient (Wildman–Crippen LogP) is 5.45. The van der Waals surface area contributed by atoms with Gasteiger partial charge in [-0.05, 0) is 41.8 Å². The quantitative estimate of drug-likeness (QED) is 0.233. The monoisotopic (exact) mass is 507 g/mol. The van der Waals surface area contributed by atoms with Crippen LogP contribution in [-0.2, 0) is 17.8 Å². The molecule has 5 aromatic rings. The van der Waals surface area contributed by atoms with Gasteiger partial charge < -0.3 is 24.3 Å². The number of nitrogens with one attached hydrogen (secondary N) is 1. The molecule has 2 aromatic heterocycles. The van der Waals surface area contributed by atoms with Crippen molar-refractivity contribution in [2.45, 2.75) is 32.2 Å². The van der Waals surface area contributed by atoms with E-state index in [2.05, 4.69) is 53.8 Å². The van der Waals surface area contributed by atoms with E-state index in [1.54, 1.807) is 10.6 Å². The van der Waals surface area contributed by atoms with Crippen LogP contribution in [0.15, 0.2) is 114 Å². The summed E-state index contributed by atoms with van der Waals surface area (Å²) in [5.41, 5.74) is 5.43. The Balaban J connectivity index is 1.35. The van der Waals surface area contributed by atoms with E-state index >= 15 is 0 Å². The third kappa shape index (κ3) is 5.72. The van der Waals surface area contributed by atoms with Crippen LogP contribution in [0.1, 0.15) is 29.5 Å². The van der Waals surface area contributed by atoms with Crippen LogP contribution >= 0.6 is 0 Å². The molecule has 2 N–H and O–H groups in total. The summed E-state index contributed by atoms with van der Waals surface area (Å²) in [4.78, 5) is 12.8. The van der Waals surface area contributed by atoms with Crippen molar-refractivity contribution in [1.29, 1.82) is 0 Å². The molecule has 6 nitrogen and oxygen atoms in total. The molecule has 2 heterocycles. The van der Waals surface area contributed by atoms with Crippen molar-refractivity contribution in [2.24, 2.45) is 0 Å². The van der Waals surface area contributed by atoms with Crippen molar-refractivity contribution >= 4 is 16.6 Å². The third-order valence-electron chi connectivity index (χ3n) is 6.80. The molecule has 0 aliphatic heterocycles. The first-order valence-corrected chi connectivity index (χ1v) is 13.1. The fraction of sp³-hybridized carbons (Fsp3) is 0.219. The zero-order valence-corrected chi connectivity index (χ0v) is 21.5. The highest BCUT2D eigenvalue weighted by Crippen LogP contribution is 2.31. The van der Waals surface area contributed by atoms with Crippen molar-refractivity contribution in [3.05, 3.63) is 136 Å². The van der Waals surface area contributed by atoms with Crippen LogP contribution in [0, 0.1) is 0 Å². The molecule has 38 heavy (non-hydrogen) atoms. The first kappa shape index (κ1) is 25.5. The number of hydrogen-bond donors (Lipinski definition) is 2. The van der Waals surface area contributed by atoms with Crippen molar-refractivity contribution < 1.29 is 9.84 Å². The summed E-state index contributed by atoms with van der Waals surface area (Å²) in [7, 11) is 0. The summed E-state index contributed by atoms with van der Waals surface area (Å²) >= 11 is 0. The molecule has 6 heteroatoms. The summed E-state index contributed by atoms with van der Waals surface area (Å²) in [5.74, 6) is 0.0396. The van der Waals surface area contributed by atoms with E-state index in [-0.39, 0.29) is 11.5 Å². The molecule has 0 fully saturated rings. The Hall–Kier alpha value is -4.13. The van der Waals surface area contributed by atoms with Gasteiger partial charge in [-0.1, -0.05) is 72.8 Å². The van der Waals surface area contributed by atoms with Gasteiger partial charge in [-0.25, -0.2) is 0 Å². The SMILES string of the molecule is CCOC(O)Cn1ccc2c(NCCn3cc(C(c4ccccc4)c4ccccc4)ccc3=O)cccc21. The molecule has 194 valence electrons. The molecule has 0 bridgehead atoms. The Kier molecular flexibility index (Phi) is 8.02. The van der Waals surface area contributed by atoms with Crippen molar-refractivity contribution in [1.82, 2.24) is 9.13 Å². The van der Waals surface area contributed by atoms with Gasteiger partial charge in [0.1, 0.15) is 0 Å². The maximum Gasteiger partial charge on any atom is 0.250 e. The van der Waals surface area contributed by atoms with Gasteiger partial charge in [-0.15, -0.1) is 0 Å². The van der Waals surface area contributed by atoms with E-state index in [4.69, 9.17) is 4.74 Å². The highest BCUT2D eigenvalue weighted by Gasteiger charge is 2.17. The topological polar surface area (TPSA) is 68.4 Å². The smallest absolute Gasteiger partial charge is 0.250 e. The number of anilines is 1. The van der Waals surface area contributed by atoms with Crippen LogP contribution in [0.2, 0.25) is 0 Å². The largest absolute Gasteiger partial charge is 0.383 e. The first-order valence-electron chi connectivity index (χ1n) is 13.1. The Bertz CT molecular complexity index is 1490. The van der Waals surface area contributed by atoms with Crippen LogP contribution in [0.25, 0.3) is 10.9 Å².